The van der Waals surface area contributed by atoms with Crippen molar-refractivity contribution in [2.75, 3.05) is 10.7 Å². The Hall–Kier alpha value is -1.50. The van der Waals surface area contributed by atoms with E-state index < -0.39 is 11.7 Å². The van der Waals surface area contributed by atoms with Gasteiger partial charge in [0.2, 0.25) is 0 Å². The Balaban J connectivity index is 3.18. The summed E-state index contributed by atoms with van der Waals surface area (Å²) in [7, 11) is 0. The highest BCUT2D eigenvalue weighted by molar-refractivity contribution is 5.50. The highest BCUT2D eigenvalue weighted by Gasteiger charge is 2.32. The predicted octanol–water partition coefficient (Wildman–Crippen LogP) is 3.77. The summed E-state index contributed by atoms with van der Waals surface area (Å²) >= 11 is 0. The van der Waals surface area contributed by atoms with Gasteiger partial charge in [0.25, 0.3) is 0 Å². The third kappa shape index (κ3) is 3.75. The lowest BCUT2D eigenvalue weighted by atomic mass is 9.90. The van der Waals surface area contributed by atoms with E-state index in [2.05, 4.69) is 15.7 Å². The molecule has 0 saturated heterocycles. The number of nitrogens with zero attached hydrogens (tertiary/aromatic N) is 1. The van der Waals surface area contributed by atoms with Crippen LogP contribution in [0.3, 0.4) is 0 Å². The molecule has 4 N–H and O–H groups in total. The highest BCUT2D eigenvalue weighted by Crippen LogP contribution is 2.33. The zero-order valence-electron chi connectivity index (χ0n) is 11.9. The van der Waals surface area contributed by atoms with Gasteiger partial charge in [0.15, 0.2) is 0 Å². The predicted molar refractivity (Wildman–Crippen MR) is 74.3 cm³/mol. The quantitative estimate of drug-likeness (QED) is 0.551. The first-order valence-corrected chi connectivity index (χ1v) is 6.64. The molecule has 20 heavy (non-hydrogen) atoms. The number of nitrogen functional groups attached to an aromatic ring is 1. The molecular weight excluding hydrogens is 269 g/mol. The first-order chi connectivity index (χ1) is 9.30. The number of nitrogens with one attached hydrogen (secondary N) is 2. The lowest BCUT2D eigenvalue weighted by Gasteiger charge is -2.32. The highest BCUT2D eigenvalue weighted by atomic mass is 19.4. The Kier molecular flexibility index (Phi) is 5.21. The van der Waals surface area contributed by atoms with E-state index in [0.717, 1.165) is 31.4 Å². The SMILES string of the molecule is CCC(CC)(CC)Nc1cc(C(F)(F)F)cc(NN)n1. The van der Waals surface area contributed by atoms with Crippen molar-refractivity contribution < 1.29 is 13.2 Å². The zero-order chi connectivity index (χ0) is 15.4. The fourth-order valence-corrected chi connectivity index (χ4v) is 2.12. The van der Waals surface area contributed by atoms with Gasteiger partial charge in [-0.15, -0.1) is 0 Å². The van der Waals surface area contributed by atoms with Crippen molar-refractivity contribution >= 4 is 11.6 Å². The van der Waals surface area contributed by atoms with Crippen molar-refractivity contribution in [3.8, 4) is 0 Å². The van der Waals surface area contributed by atoms with Gasteiger partial charge in [0, 0.05) is 5.54 Å². The standard InChI is InChI=1S/C13H21F3N4/c1-4-12(5-2,6-3)19-10-7-9(13(14,15)16)8-11(18-10)20-17/h7-8H,4-6,17H2,1-3H3,(H2,18,19,20). The molecule has 1 aromatic heterocycles. The number of hydrazine groups is 1. The molecule has 0 aliphatic carbocycles. The minimum atomic E-state index is -4.43. The summed E-state index contributed by atoms with van der Waals surface area (Å²) in [5.41, 5.74) is 1.13. The lowest BCUT2D eigenvalue weighted by molar-refractivity contribution is -0.137. The van der Waals surface area contributed by atoms with Gasteiger partial charge < -0.3 is 10.7 Å². The minimum Gasteiger partial charge on any atom is -0.365 e. The van der Waals surface area contributed by atoms with Crippen LogP contribution < -0.4 is 16.6 Å². The van der Waals surface area contributed by atoms with Crippen molar-refractivity contribution in [1.82, 2.24) is 4.98 Å². The van der Waals surface area contributed by atoms with Crippen molar-refractivity contribution in [3.63, 3.8) is 0 Å². The van der Waals surface area contributed by atoms with Gasteiger partial charge >= 0.3 is 6.18 Å². The van der Waals surface area contributed by atoms with Crippen LogP contribution in [0.5, 0.6) is 0 Å². The second kappa shape index (κ2) is 6.30. The molecule has 4 nitrogen and oxygen atoms in total. The molecule has 0 radical (unpaired) electrons. The zero-order valence-corrected chi connectivity index (χ0v) is 11.9. The monoisotopic (exact) mass is 290 g/mol. The third-order valence-corrected chi connectivity index (χ3v) is 3.72. The van der Waals surface area contributed by atoms with Gasteiger partial charge in [-0.05, 0) is 31.4 Å². The second-order valence-electron chi connectivity index (χ2n) is 4.73. The molecule has 1 rings (SSSR count). The third-order valence-electron chi connectivity index (χ3n) is 3.72. The number of hydrogen-bond donors (Lipinski definition) is 3. The molecule has 0 atom stereocenters. The Morgan fingerprint density at radius 3 is 1.95 bits per heavy atom. The number of halogens is 3. The Bertz CT molecular complexity index is 433. The Labute approximate surface area is 116 Å². The molecule has 0 amide bonds. The van der Waals surface area contributed by atoms with Crippen LogP contribution in [-0.4, -0.2) is 10.5 Å². The topological polar surface area (TPSA) is 63.0 Å². The van der Waals surface area contributed by atoms with Crippen molar-refractivity contribution in [2.24, 2.45) is 5.84 Å². The van der Waals surface area contributed by atoms with E-state index >= 15 is 0 Å². The van der Waals surface area contributed by atoms with E-state index in [0.29, 0.717) is 0 Å². The maximum Gasteiger partial charge on any atom is 0.416 e. The molecule has 0 aromatic carbocycles. The van der Waals surface area contributed by atoms with Crippen LogP contribution in [-0.2, 0) is 6.18 Å². The molecule has 1 aromatic rings. The van der Waals surface area contributed by atoms with Gasteiger partial charge in [-0.1, -0.05) is 20.8 Å². The number of hydrogen-bond acceptors (Lipinski definition) is 4. The number of rotatable bonds is 6. The average molecular weight is 290 g/mol. The van der Waals surface area contributed by atoms with Crippen LogP contribution in [0.15, 0.2) is 12.1 Å². The van der Waals surface area contributed by atoms with E-state index in [9.17, 15) is 13.2 Å². The van der Waals surface area contributed by atoms with E-state index in [-0.39, 0.29) is 17.2 Å². The Morgan fingerprint density at radius 2 is 1.55 bits per heavy atom. The summed E-state index contributed by atoms with van der Waals surface area (Å²) in [6.45, 7) is 5.99. The molecule has 0 bridgehead atoms. The van der Waals surface area contributed by atoms with Crippen LogP contribution in [0.4, 0.5) is 24.8 Å². The maximum absolute atomic E-state index is 12.8. The average Bonchev–Trinajstić information content (AvgIpc) is 2.43. The summed E-state index contributed by atoms with van der Waals surface area (Å²) in [5, 5.41) is 3.12. The largest absolute Gasteiger partial charge is 0.416 e. The van der Waals surface area contributed by atoms with E-state index in [1.807, 2.05) is 20.8 Å². The van der Waals surface area contributed by atoms with Crippen molar-refractivity contribution in [2.45, 2.75) is 51.7 Å². The second-order valence-corrected chi connectivity index (χ2v) is 4.73. The molecule has 0 fully saturated rings. The number of anilines is 2. The lowest BCUT2D eigenvalue weighted by Crippen LogP contribution is -2.36. The van der Waals surface area contributed by atoms with Crippen LogP contribution >= 0.6 is 0 Å². The van der Waals surface area contributed by atoms with E-state index in [1.54, 1.807) is 0 Å². The van der Waals surface area contributed by atoms with Crippen molar-refractivity contribution in [3.05, 3.63) is 17.7 Å². The molecule has 0 aliphatic heterocycles. The smallest absolute Gasteiger partial charge is 0.365 e. The maximum atomic E-state index is 12.8. The number of alkyl halides is 3. The van der Waals surface area contributed by atoms with Gasteiger partial charge in [-0.2, -0.15) is 13.2 Å². The Morgan fingerprint density at radius 1 is 1.05 bits per heavy atom. The van der Waals surface area contributed by atoms with Gasteiger partial charge in [0.05, 0.1) is 5.56 Å². The molecule has 1 heterocycles. The van der Waals surface area contributed by atoms with Crippen LogP contribution in [0, 0.1) is 0 Å². The molecule has 0 aliphatic rings. The van der Waals surface area contributed by atoms with Gasteiger partial charge in [-0.25, -0.2) is 10.8 Å². The van der Waals surface area contributed by atoms with Gasteiger partial charge in [-0.3, -0.25) is 0 Å². The summed E-state index contributed by atoms with van der Waals surface area (Å²) in [6, 6.07) is 1.90. The number of aromatic nitrogens is 1. The molecule has 7 heteroatoms. The van der Waals surface area contributed by atoms with Crippen LogP contribution in [0.25, 0.3) is 0 Å². The first kappa shape index (κ1) is 16.6. The molecule has 0 saturated carbocycles. The normalized spacial score (nSPS) is 12.3. The minimum absolute atomic E-state index is 0.0143. The molecule has 114 valence electrons. The van der Waals surface area contributed by atoms with E-state index in [4.69, 9.17) is 5.84 Å². The van der Waals surface area contributed by atoms with E-state index in [1.165, 1.54) is 0 Å². The summed E-state index contributed by atoms with van der Waals surface area (Å²) in [4.78, 5) is 4.05. The van der Waals surface area contributed by atoms with Crippen LogP contribution in [0.2, 0.25) is 0 Å². The van der Waals surface area contributed by atoms with Crippen LogP contribution in [0.1, 0.15) is 45.6 Å². The van der Waals surface area contributed by atoms with Crippen molar-refractivity contribution in [1.29, 1.82) is 0 Å². The van der Waals surface area contributed by atoms with Gasteiger partial charge in [0.1, 0.15) is 11.6 Å². The molecular formula is C13H21F3N4. The molecule has 0 unspecified atom stereocenters. The summed E-state index contributed by atoms with van der Waals surface area (Å²) < 4.78 is 38.5. The summed E-state index contributed by atoms with van der Waals surface area (Å²) in [6.07, 6.45) is -2.05. The first-order valence-electron chi connectivity index (χ1n) is 6.64. The fraction of sp³-hybridized carbons (Fsp3) is 0.615. The fourth-order valence-electron chi connectivity index (χ4n) is 2.12. The summed E-state index contributed by atoms with van der Waals surface area (Å²) in [5.74, 6) is 5.35. The number of nitrogens with two attached hydrogens (primary N) is 1. The number of pyridine rings is 1. The molecule has 0 spiro atoms.